The minimum absolute atomic E-state index is 0.388. The molecule has 0 aliphatic heterocycles. The van der Waals surface area contributed by atoms with Gasteiger partial charge in [0.15, 0.2) is 5.76 Å². The summed E-state index contributed by atoms with van der Waals surface area (Å²) in [4.78, 5) is 23.5. The zero-order valence-corrected chi connectivity index (χ0v) is 11.5. The monoisotopic (exact) mass is 274 g/mol. The maximum absolute atomic E-state index is 11.9. The molecule has 1 N–H and O–H groups in total. The molecule has 1 aromatic heterocycles. The third-order valence-corrected chi connectivity index (χ3v) is 2.97. The van der Waals surface area contributed by atoms with Crippen LogP contribution in [-0.2, 0) is 0 Å². The standard InChI is InChI=1S/C15H18N2O3/c1-2-3-7-10-16-14(18)17-11-13(20-15(17)19)12-8-5-4-6-9-12/h4-6,8-9,11H,2-3,7,10H2,1H3,(H,16,18). The van der Waals surface area contributed by atoms with Gasteiger partial charge in [0.2, 0.25) is 0 Å². The fourth-order valence-corrected chi connectivity index (χ4v) is 1.87. The smallest absolute Gasteiger partial charge is 0.407 e. The number of hydrogen-bond acceptors (Lipinski definition) is 3. The van der Waals surface area contributed by atoms with Crippen LogP contribution in [0.15, 0.2) is 45.7 Å². The first-order valence-corrected chi connectivity index (χ1v) is 6.78. The quantitative estimate of drug-likeness (QED) is 0.853. The predicted octanol–water partition coefficient (Wildman–Crippen LogP) is 2.86. The van der Waals surface area contributed by atoms with Gasteiger partial charge in [-0.05, 0) is 6.42 Å². The van der Waals surface area contributed by atoms with Crippen LogP contribution in [0.5, 0.6) is 0 Å². The average molecular weight is 274 g/mol. The molecule has 0 saturated heterocycles. The van der Waals surface area contributed by atoms with Crippen LogP contribution in [0.25, 0.3) is 11.3 Å². The lowest BCUT2D eigenvalue weighted by Gasteiger charge is -2.02. The number of carbonyl (C=O) groups excluding carboxylic acids is 1. The summed E-state index contributed by atoms with van der Waals surface area (Å²) in [7, 11) is 0. The molecule has 0 spiro atoms. The lowest BCUT2D eigenvalue weighted by atomic mass is 10.2. The van der Waals surface area contributed by atoms with Crippen molar-refractivity contribution in [3.05, 3.63) is 47.1 Å². The first-order valence-electron chi connectivity index (χ1n) is 6.78. The van der Waals surface area contributed by atoms with Gasteiger partial charge in [0.05, 0.1) is 6.20 Å². The first kappa shape index (κ1) is 14.1. The molecule has 0 aliphatic carbocycles. The summed E-state index contributed by atoms with van der Waals surface area (Å²) in [6, 6.07) is 8.76. The highest BCUT2D eigenvalue weighted by atomic mass is 16.4. The Bertz CT molecular complexity index is 614. The normalized spacial score (nSPS) is 10.4. The third kappa shape index (κ3) is 3.38. The Labute approximate surface area is 117 Å². The van der Waals surface area contributed by atoms with Gasteiger partial charge in [-0.3, -0.25) is 0 Å². The molecule has 0 saturated carbocycles. The van der Waals surface area contributed by atoms with Crippen LogP contribution in [0.2, 0.25) is 0 Å². The SMILES string of the molecule is CCCCCNC(=O)n1cc(-c2ccccc2)oc1=O. The lowest BCUT2D eigenvalue weighted by molar-refractivity contribution is 0.240. The number of benzene rings is 1. The molecule has 5 heteroatoms. The van der Waals surface area contributed by atoms with E-state index in [-0.39, 0.29) is 0 Å². The molecule has 2 rings (SSSR count). The van der Waals surface area contributed by atoms with Crippen LogP contribution in [0, 0.1) is 0 Å². The Morgan fingerprint density at radius 1 is 1.25 bits per heavy atom. The van der Waals surface area contributed by atoms with E-state index in [0.717, 1.165) is 29.4 Å². The van der Waals surface area contributed by atoms with Gasteiger partial charge >= 0.3 is 11.8 Å². The number of hydrogen-bond donors (Lipinski definition) is 1. The second-order valence-corrected chi connectivity index (χ2v) is 4.54. The molecule has 1 aromatic carbocycles. The molecule has 0 bridgehead atoms. The molecule has 0 atom stereocenters. The maximum Gasteiger partial charge on any atom is 0.427 e. The molecule has 1 heterocycles. The Kier molecular flexibility index (Phi) is 4.76. The second-order valence-electron chi connectivity index (χ2n) is 4.54. The molecule has 0 aliphatic rings. The van der Waals surface area contributed by atoms with E-state index in [9.17, 15) is 9.59 Å². The Balaban J connectivity index is 2.08. The summed E-state index contributed by atoms with van der Waals surface area (Å²) in [5.74, 6) is -0.281. The van der Waals surface area contributed by atoms with E-state index in [2.05, 4.69) is 12.2 Å². The molecule has 5 nitrogen and oxygen atoms in total. The lowest BCUT2D eigenvalue weighted by Crippen LogP contribution is -2.34. The fourth-order valence-electron chi connectivity index (χ4n) is 1.87. The minimum atomic E-state index is -0.670. The molecule has 2 aromatic rings. The van der Waals surface area contributed by atoms with Crippen molar-refractivity contribution in [2.75, 3.05) is 6.54 Å². The molecule has 0 unspecified atom stereocenters. The maximum atomic E-state index is 11.9. The average Bonchev–Trinajstić information content (AvgIpc) is 2.86. The summed E-state index contributed by atoms with van der Waals surface area (Å²) < 4.78 is 6.06. The first-order chi connectivity index (χ1) is 9.72. The highest BCUT2D eigenvalue weighted by Gasteiger charge is 2.13. The van der Waals surface area contributed by atoms with Crippen LogP contribution >= 0.6 is 0 Å². The molecular formula is C15H18N2O3. The van der Waals surface area contributed by atoms with E-state index in [1.165, 1.54) is 6.20 Å². The number of carbonyl (C=O) groups is 1. The predicted molar refractivity (Wildman–Crippen MR) is 76.7 cm³/mol. The van der Waals surface area contributed by atoms with Gasteiger partial charge in [-0.15, -0.1) is 0 Å². The van der Waals surface area contributed by atoms with Crippen molar-refractivity contribution in [1.29, 1.82) is 0 Å². The number of nitrogens with one attached hydrogen (secondary N) is 1. The number of aromatic nitrogens is 1. The van der Waals surface area contributed by atoms with E-state index in [4.69, 9.17) is 4.42 Å². The van der Waals surface area contributed by atoms with Gasteiger partial charge in [0.1, 0.15) is 0 Å². The van der Waals surface area contributed by atoms with Crippen molar-refractivity contribution < 1.29 is 9.21 Å². The largest absolute Gasteiger partial charge is 0.427 e. The fraction of sp³-hybridized carbons (Fsp3) is 0.333. The van der Waals surface area contributed by atoms with Crippen LogP contribution < -0.4 is 11.1 Å². The van der Waals surface area contributed by atoms with Gasteiger partial charge < -0.3 is 9.73 Å². The Morgan fingerprint density at radius 2 is 2.00 bits per heavy atom. The van der Waals surface area contributed by atoms with Gasteiger partial charge in [-0.2, -0.15) is 4.57 Å². The topological polar surface area (TPSA) is 64.2 Å². The zero-order valence-electron chi connectivity index (χ0n) is 11.5. The van der Waals surface area contributed by atoms with Gasteiger partial charge in [0.25, 0.3) is 0 Å². The minimum Gasteiger partial charge on any atom is -0.407 e. The van der Waals surface area contributed by atoms with Crippen LogP contribution in [-0.4, -0.2) is 17.1 Å². The van der Waals surface area contributed by atoms with Crippen molar-refractivity contribution in [2.24, 2.45) is 0 Å². The number of oxazole rings is 1. The van der Waals surface area contributed by atoms with Gasteiger partial charge in [-0.25, -0.2) is 9.59 Å². The summed E-state index contributed by atoms with van der Waals surface area (Å²) in [5, 5.41) is 2.70. The molecular weight excluding hydrogens is 256 g/mol. The molecule has 0 fully saturated rings. The highest BCUT2D eigenvalue weighted by molar-refractivity contribution is 5.77. The Morgan fingerprint density at radius 3 is 2.70 bits per heavy atom. The Hall–Kier alpha value is -2.30. The summed E-state index contributed by atoms with van der Waals surface area (Å²) in [5.41, 5.74) is 0.766. The number of amides is 1. The van der Waals surface area contributed by atoms with E-state index in [1.807, 2.05) is 30.3 Å². The molecule has 106 valence electrons. The summed E-state index contributed by atoms with van der Waals surface area (Å²) >= 11 is 0. The molecule has 1 amide bonds. The van der Waals surface area contributed by atoms with Crippen molar-refractivity contribution in [1.82, 2.24) is 9.88 Å². The van der Waals surface area contributed by atoms with Crippen molar-refractivity contribution in [3.8, 4) is 11.3 Å². The molecule has 0 radical (unpaired) electrons. The van der Waals surface area contributed by atoms with Gasteiger partial charge in [0, 0.05) is 12.1 Å². The van der Waals surface area contributed by atoms with Crippen molar-refractivity contribution >= 4 is 6.03 Å². The van der Waals surface area contributed by atoms with E-state index < -0.39 is 11.8 Å². The summed E-state index contributed by atoms with van der Waals surface area (Å²) in [6.45, 7) is 2.65. The second kappa shape index (κ2) is 6.75. The zero-order chi connectivity index (χ0) is 14.4. The number of nitrogens with zero attached hydrogens (tertiary/aromatic N) is 1. The third-order valence-electron chi connectivity index (χ3n) is 2.97. The van der Waals surface area contributed by atoms with Crippen LogP contribution in [0.3, 0.4) is 0 Å². The van der Waals surface area contributed by atoms with E-state index >= 15 is 0 Å². The van der Waals surface area contributed by atoms with Crippen molar-refractivity contribution in [2.45, 2.75) is 26.2 Å². The highest BCUT2D eigenvalue weighted by Crippen LogP contribution is 2.16. The molecule has 20 heavy (non-hydrogen) atoms. The van der Waals surface area contributed by atoms with E-state index in [0.29, 0.717) is 12.3 Å². The van der Waals surface area contributed by atoms with E-state index in [1.54, 1.807) is 0 Å². The number of unbranched alkanes of at least 4 members (excludes halogenated alkanes) is 2. The van der Waals surface area contributed by atoms with Crippen LogP contribution in [0.1, 0.15) is 26.2 Å². The van der Waals surface area contributed by atoms with Crippen molar-refractivity contribution in [3.63, 3.8) is 0 Å². The van der Waals surface area contributed by atoms with Gasteiger partial charge in [-0.1, -0.05) is 50.1 Å². The summed E-state index contributed by atoms with van der Waals surface area (Å²) in [6.07, 6.45) is 4.46. The number of rotatable bonds is 5. The van der Waals surface area contributed by atoms with Crippen LogP contribution in [0.4, 0.5) is 4.79 Å².